The van der Waals surface area contributed by atoms with Crippen molar-refractivity contribution in [3.8, 4) is 0 Å². The molecule has 2 aromatic carbocycles. The molecule has 0 saturated carbocycles. The summed E-state index contributed by atoms with van der Waals surface area (Å²) in [5.74, 6) is -1.09. The van der Waals surface area contributed by atoms with Gasteiger partial charge in [0.2, 0.25) is 5.91 Å². The summed E-state index contributed by atoms with van der Waals surface area (Å²) < 4.78 is 103. The molecule has 206 valence electrons. The fourth-order valence-corrected chi connectivity index (χ4v) is 6.13. The van der Waals surface area contributed by atoms with E-state index in [2.05, 4.69) is 9.97 Å². The molecule has 3 aromatic rings. The lowest BCUT2D eigenvalue weighted by Gasteiger charge is -2.39. The second kappa shape index (κ2) is 9.83. The van der Waals surface area contributed by atoms with E-state index in [-0.39, 0.29) is 43.7 Å². The third-order valence-electron chi connectivity index (χ3n) is 6.70. The minimum absolute atomic E-state index is 0. The number of nitrogens with zero attached hydrogens (tertiary/aromatic N) is 3. The van der Waals surface area contributed by atoms with Crippen LogP contribution in [0.3, 0.4) is 0 Å². The van der Waals surface area contributed by atoms with E-state index in [1.807, 2.05) is 0 Å². The number of rotatable bonds is 4. The van der Waals surface area contributed by atoms with Crippen molar-refractivity contribution in [3.63, 3.8) is 0 Å². The molecule has 1 aliphatic heterocycles. The van der Waals surface area contributed by atoms with Gasteiger partial charge < -0.3 is 0 Å². The Hall–Kier alpha value is -3.22. The number of piperidine rings is 1. The zero-order valence-electron chi connectivity index (χ0n) is 19.6. The summed E-state index contributed by atoms with van der Waals surface area (Å²) in [4.78, 5) is 22.0. The molecule has 4 rings (SSSR count). The molecule has 13 heteroatoms. The molecule has 1 atom stereocenters. The van der Waals surface area contributed by atoms with E-state index < -0.39 is 54.8 Å². The fourth-order valence-electron chi connectivity index (χ4n) is 4.34. The van der Waals surface area contributed by atoms with Gasteiger partial charge in [0, 0.05) is 13.0 Å². The number of hydrogen-bond acceptors (Lipinski definition) is 5. The van der Waals surface area contributed by atoms with Crippen molar-refractivity contribution in [2.75, 3.05) is 11.4 Å². The summed E-state index contributed by atoms with van der Waals surface area (Å²) in [5.41, 5.74) is -1.84. The summed E-state index contributed by atoms with van der Waals surface area (Å²) in [6.45, 7) is 2.81. The minimum Gasteiger partial charge on any atom is -0.296 e. The largest absolute Gasteiger partial charge is 0.416 e. The number of carbonyl (C=O) groups is 1. The number of hydrogen-bond donors (Lipinski definition) is 0. The number of carbonyl (C=O) groups excluding carboxylic acids is 1. The van der Waals surface area contributed by atoms with E-state index in [0.29, 0.717) is 6.07 Å². The highest BCUT2D eigenvalue weighted by Gasteiger charge is 2.46. The number of benzene rings is 2. The molecule has 0 radical (unpaired) electrons. The molecule has 1 amide bonds. The standard InChI is InChI=1S/C24H21F6N3O3S.CH4/c1-22(2,37(35,36)17-5-3-4-15(10-17)23(25,26)27)14-8-9-33(21(34)12-14)20-13-31-19-11-16(24(28,29)30)6-7-18(19)32-20;/h3-7,10-11,13-14H,8-9,12H2,1-2H3;1H4/t14-;/m1./s1. The van der Waals surface area contributed by atoms with Gasteiger partial charge in [-0.25, -0.2) is 13.4 Å². The predicted octanol–water partition coefficient (Wildman–Crippen LogP) is 6.30. The van der Waals surface area contributed by atoms with Crippen LogP contribution in [-0.4, -0.2) is 35.6 Å². The summed E-state index contributed by atoms with van der Waals surface area (Å²) in [6.07, 6.45) is -8.12. The second-order valence-corrected chi connectivity index (χ2v) is 11.8. The Morgan fingerprint density at radius 3 is 2.16 bits per heavy atom. The van der Waals surface area contributed by atoms with E-state index in [9.17, 15) is 39.6 Å². The lowest BCUT2D eigenvalue weighted by atomic mass is 9.85. The monoisotopic (exact) mass is 561 g/mol. The van der Waals surface area contributed by atoms with E-state index in [0.717, 1.165) is 36.4 Å². The summed E-state index contributed by atoms with van der Waals surface area (Å²) in [6, 6.07) is 6.34. The number of aromatic nitrogens is 2. The Morgan fingerprint density at radius 2 is 1.55 bits per heavy atom. The summed E-state index contributed by atoms with van der Waals surface area (Å²) in [5, 5.41) is 0. The van der Waals surface area contributed by atoms with Crippen LogP contribution in [0.25, 0.3) is 11.0 Å². The van der Waals surface area contributed by atoms with Gasteiger partial charge in [-0.15, -0.1) is 0 Å². The van der Waals surface area contributed by atoms with Gasteiger partial charge in [0.05, 0.1) is 38.0 Å². The highest BCUT2D eigenvalue weighted by Crippen LogP contribution is 2.40. The molecule has 0 aliphatic carbocycles. The van der Waals surface area contributed by atoms with E-state index in [1.165, 1.54) is 24.9 Å². The minimum atomic E-state index is -4.72. The van der Waals surface area contributed by atoms with E-state index in [1.54, 1.807) is 0 Å². The third-order valence-corrected chi connectivity index (χ3v) is 9.30. The van der Waals surface area contributed by atoms with Crippen LogP contribution < -0.4 is 4.90 Å². The molecular formula is C25H25F6N3O3S. The van der Waals surface area contributed by atoms with E-state index in [4.69, 9.17) is 0 Å². The van der Waals surface area contributed by atoms with Crippen LogP contribution in [0.5, 0.6) is 0 Å². The lowest BCUT2D eigenvalue weighted by Crippen LogP contribution is -2.49. The summed E-state index contributed by atoms with van der Waals surface area (Å²) in [7, 11) is -4.26. The Labute approximate surface area is 215 Å². The quantitative estimate of drug-likeness (QED) is 0.350. The van der Waals surface area contributed by atoms with Crippen LogP contribution in [0, 0.1) is 5.92 Å². The number of halogens is 6. The van der Waals surface area contributed by atoms with Gasteiger partial charge in [0.15, 0.2) is 15.7 Å². The Kier molecular flexibility index (Phi) is 7.59. The highest BCUT2D eigenvalue weighted by molar-refractivity contribution is 7.92. The normalized spacial score (nSPS) is 17.4. The van der Waals surface area contributed by atoms with Gasteiger partial charge in [-0.05, 0) is 62.6 Å². The molecule has 1 saturated heterocycles. The average molecular weight is 562 g/mol. The van der Waals surface area contributed by atoms with Crippen LogP contribution >= 0.6 is 0 Å². The van der Waals surface area contributed by atoms with Crippen molar-refractivity contribution in [2.45, 2.75) is 56.1 Å². The van der Waals surface area contributed by atoms with Crippen molar-refractivity contribution < 1.29 is 39.6 Å². The Morgan fingerprint density at radius 1 is 0.921 bits per heavy atom. The molecule has 0 spiro atoms. The Bertz CT molecular complexity index is 1470. The number of anilines is 1. The molecule has 1 fully saturated rings. The maximum absolute atomic E-state index is 13.3. The number of amides is 1. The SMILES string of the molecule is C.CC(C)([C@@H]1CCN(c2cnc3cc(C(F)(F)F)ccc3n2)C(=O)C1)S(=O)(=O)c1cccc(C(F)(F)F)c1. The van der Waals surface area contributed by atoms with Gasteiger partial charge in [-0.2, -0.15) is 26.3 Å². The predicted molar refractivity (Wildman–Crippen MR) is 129 cm³/mol. The van der Waals surface area contributed by atoms with Crippen molar-refractivity contribution in [1.29, 1.82) is 0 Å². The van der Waals surface area contributed by atoms with Gasteiger partial charge in [-0.1, -0.05) is 13.5 Å². The first kappa shape index (κ1) is 29.3. The van der Waals surface area contributed by atoms with Crippen LogP contribution in [0.15, 0.2) is 53.6 Å². The van der Waals surface area contributed by atoms with Crippen molar-refractivity contribution in [1.82, 2.24) is 9.97 Å². The van der Waals surface area contributed by atoms with Crippen LogP contribution in [0.2, 0.25) is 0 Å². The molecule has 0 bridgehead atoms. The zero-order chi connectivity index (χ0) is 27.4. The second-order valence-electron chi connectivity index (χ2n) is 9.30. The first-order valence-electron chi connectivity index (χ1n) is 11.1. The van der Waals surface area contributed by atoms with Crippen LogP contribution in [0.1, 0.15) is 45.2 Å². The molecule has 0 N–H and O–H groups in total. The van der Waals surface area contributed by atoms with Crippen LogP contribution in [0.4, 0.5) is 32.2 Å². The van der Waals surface area contributed by atoms with Crippen molar-refractivity contribution >= 4 is 32.6 Å². The number of alkyl halides is 6. The highest BCUT2D eigenvalue weighted by atomic mass is 32.2. The van der Waals surface area contributed by atoms with Crippen molar-refractivity contribution in [3.05, 3.63) is 59.8 Å². The molecular weight excluding hydrogens is 536 g/mol. The van der Waals surface area contributed by atoms with Gasteiger partial charge in [-0.3, -0.25) is 14.7 Å². The number of sulfone groups is 1. The average Bonchev–Trinajstić information content (AvgIpc) is 2.82. The van der Waals surface area contributed by atoms with Gasteiger partial charge in [0.1, 0.15) is 0 Å². The third kappa shape index (κ3) is 5.33. The van der Waals surface area contributed by atoms with Crippen LogP contribution in [-0.2, 0) is 27.0 Å². The smallest absolute Gasteiger partial charge is 0.296 e. The van der Waals surface area contributed by atoms with E-state index >= 15 is 0 Å². The molecule has 2 heterocycles. The lowest BCUT2D eigenvalue weighted by molar-refractivity contribution is -0.138. The molecule has 6 nitrogen and oxygen atoms in total. The Balaban J connectivity index is 0.00000400. The molecule has 0 unspecified atom stereocenters. The maximum atomic E-state index is 13.3. The molecule has 1 aliphatic rings. The first-order chi connectivity index (χ1) is 17.0. The number of fused-ring (bicyclic) bond motifs is 1. The van der Waals surface area contributed by atoms with Gasteiger partial charge >= 0.3 is 12.4 Å². The fraction of sp³-hybridized carbons (Fsp3) is 0.400. The van der Waals surface area contributed by atoms with Crippen molar-refractivity contribution in [2.24, 2.45) is 5.92 Å². The van der Waals surface area contributed by atoms with Gasteiger partial charge in [0.25, 0.3) is 0 Å². The molecule has 38 heavy (non-hydrogen) atoms. The first-order valence-corrected chi connectivity index (χ1v) is 12.6. The topological polar surface area (TPSA) is 80.2 Å². The maximum Gasteiger partial charge on any atom is 0.416 e. The summed E-state index contributed by atoms with van der Waals surface area (Å²) >= 11 is 0. The zero-order valence-corrected chi connectivity index (χ0v) is 20.4. The molecule has 1 aromatic heterocycles.